The number of nitrogens with zero attached hydrogens (tertiary/aromatic N) is 2. The van der Waals surface area contributed by atoms with Crippen LogP contribution in [0.5, 0.6) is 0 Å². The van der Waals surface area contributed by atoms with Gasteiger partial charge in [-0.2, -0.15) is 5.26 Å². The van der Waals surface area contributed by atoms with E-state index < -0.39 is 11.9 Å². The van der Waals surface area contributed by atoms with E-state index in [2.05, 4.69) is 11.0 Å². The summed E-state index contributed by atoms with van der Waals surface area (Å²) in [7, 11) is 0. The van der Waals surface area contributed by atoms with Crippen molar-refractivity contribution in [2.24, 2.45) is 23.7 Å². The van der Waals surface area contributed by atoms with E-state index in [0.717, 1.165) is 17.8 Å². The predicted octanol–water partition coefficient (Wildman–Crippen LogP) is 2.50. The molecule has 4 bridgehead atoms. The quantitative estimate of drug-likeness (QED) is 0.784. The molecule has 4 rings (SSSR count). The summed E-state index contributed by atoms with van der Waals surface area (Å²) in [6, 6.07) is 2.27. The molecule has 20 heavy (non-hydrogen) atoms. The molecule has 4 nitrogen and oxygen atoms in total. The van der Waals surface area contributed by atoms with Crippen LogP contribution < -0.4 is 0 Å². The molecule has 1 N–H and O–H groups in total. The minimum absolute atomic E-state index is 0.133. The molecule has 4 aliphatic rings. The van der Waals surface area contributed by atoms with E-state index in [1.165, 1.54) is 38.5 Å². The molecule has 0 amide bonds. The number of carboxylic acids is 1. The highest BCUT2D eigenvalue weighted by Crippen LogP contribution is 2.57. The van der Waals surface area contributed by atoms with Crippen LogP contribution in [0.25, 0.3) is 0 Å². The van der Waals surface area contributed by atoms with Crippen LogP contribution in [0.4, 0.5) is 0 Å². The maximum Gasteiger partial charge on any atom is 0.307 e. The molecular formula is C16H24N2O2. The highest BCUT2D eigenvalue weighted by molar-refractivity contribution is 5.69. The van der Waals surface area contributed by atoms with Gasteiger partial charge in [-0.15, -0.1) is 0 Å². The molecule has 0 aliphatic heterocycles. The average molecular weight is 276 g/mol. The fraction of sp³-hybridized carbons (Fsp3) is 0.875. The maximum atomic E-state index is 11.2. The first-order valence-electron chi connectivity index (χ1n) is 7.87. The summed E-state index contributed by atoms with van der Waals surface area (Å²) in [6.07, 6.45) is 7.67. The van der Waals surface area contributed by atoms with Crippen molar-refractivity contribution in [1.29, 1.82) is 5.26 Å². The number of hydrogen-bond donors (Lipinski definition) is 1. The van der Waals surface area contributed by atoms with Crippen molar-refractivity contribution in [2.45, 2.75) is 51.0 Å². The third-order valence-corrected chi connectivity index (χ3v) is 5.85. The van der Waals surface area contributed by atoms with Crippen molar-refractivity contribution in [1.82, 2.24) is 4.90 Å². The van der Waals surface area contributed by atoms with E-state index in [1.54, 1.807) is 6.92 Å². The Labute approximate surface area is 120 Å². The molecule has 0 radical (unpaired) electrons. The Hall–Kier alpha value is -1.08. The fourth-order valence-corrected chi connectivity index (χ4v) is 5.37. The Bertz CT molecular complexity index is 405. The lowest BCUT2D eigenvalue weighted by molar-refractivity contribution is -0.144. The molecule has 0 heterocycles. The monoisotopic (exact) mass is 276 g/mol. The summed E-state index contributed by atoms with van der Waals surface area (Å²) in [5, 5.41) is 18.3. The summed E-state index contributed by atoms with van der Waals surface area (Å²) >= 11 is 0. The van der Waals surface area contributed by atoms with Gasteiger partial charge in [0.05, 0.1) is 18.5 Å². The Morgan fingerprint density at radius 3 is 2.20 bits per heavy atom. The zero-order valence-corrected chi connectivity index (χ0v) is 12.2. The number of nitriles is 1. The van der Waals surface area contributed by atoms with Crippen molar-refractivity contribution in [3.63, 3.8) is 0 Å². The van der Waals surface area contributed by atoms with Gasteiger partial charge in [-0.1, -0.05) is 6.92 Å². The van der Waals surface area contributed by atoms with Crippen LogP contribution in [0.3, 0.4) is 0 Å². The number of aliphatic carboxylic acids is 1. The van der Waals surface area contributed by atoms with Crippen molar-refractivity contribution in [3.05, 3.63) is 0 Å². The van der Waals surface area contributed by atoms with Crippen molar-refractivity contribution in [2.75, 3.05) is 13.1 Å². The molecule has 4 aliphatic carbocycles. The molecule has 4 heteroatoms. The first kappa shape index (κ1) is 13.9. The van der Waals surface area contributed by atoms with E-state index in [-0.39, 0.29) is 5.54 Å². The molecule has 0 aromatic rings. The standard InChI is InChI=1S/C16H24N2O2/c1-11(15(19)20)10-18(3-2-17)16-7-12-4-13(8-16)6-14(5-12)9-16/h11-14H,3-10H2,1H3,(H,19,20). The van der Waals surface area contributed by atoms with Crippen molar-refractivity contribution >= 4 is 5.97 Å². The Morgan fingerprint density at radius 2 is 1.80 bits per heavy atom. The van der Waals surface area contributed by atoms with Gasteiger partial charge in [0.2, 0.25) is 0 Å². The van der Waals surface area contributed by atoms with Gasteiger partial charge in [-0.25, -0.2) is 0 Å². The van der Waals surface area contributed by atoms with Gasteiger partial charge in [0.1, 0.15) is 0 Å². The van der Waals surface area contributed by atoms with Crippen LogP contribution in [0, 0.1) is 35.0 Å². The van der Waals surface area contributed by atoms with Gasteiger partial charge < -0.3 is 5.11 Å². The van der Waals surface area contributed by atoms with Gasteiger partial charge >= 0.3 is 5.97 Å². The third kappa shape index (κ3) is 2.33. The molecule has 1 atom stereocenters. The minimum atomic E-state index is -0.752. The Kier molecular flexibility index (Phi) is 3.50. The van der Waals surface area contributed by atoms with Gasteiger partial charge in [0, 0.05) is 12.1 Å². The van der Waals surface area contributed by atoms with Gasteiger partial charge in [-0.3, -0.25) is 9.69 Å². The van der Waals surface area contributed by atoms with Gasteiger partial charge in [-0.05, 0) is 56.3 Å². The van der Waals surface area contributed by atoms with Crippen LogP contribution in [-0.4, -0.2) is 34.6 Å². The second-order valence-corrected chi connectivity index (χ2v) is 7.42. The highest BCUT2D eigenvalue weighted by atomic mass is 16.4. The molecule has 0 aromatic heterocycles. The Morgan fingerprint density at radius 1 is 1.30 bits per heavy atom. The van der Waals surface area contributed by atoms with Crippen LogP contribution >= 0.6 is 0 Å². The van der Waals surface area contributed by atoms with Crippen LogP contribution in [0.1, 0.15) is 45.4 Å². The third-order valence-electron chi connectivity index (χ3n) is 5.85. The second-order valence-electron chi connectivity index (χ2n) is 7.42. The van der Waals surface area contributed by atoms with Crippen LogP contribution in [-0.2, 0) is 4.79 Å². The van der Waals surface area contributed by atoms with Crippen LogP contribution in [0.15, 0.2) is 0 Å². The lowest BCUT2D eigenvalue weighted by atomic mass is 9.52. The van der Waals surface area contributed by atoms with E-state index in [0.29, 0.717) is 13.1 Å². The summed E-state index contributed by atoms with van der Waals surface area (Å²) in [5.41, 5.74) is 0.133. The van der Waals surface area contributed by atoms with E-state index in [1.807, 2.05) is 0 Å². The zero-order chi connectivity index (χ0) is 14.3. The molecule has 4 saturated carbocycles. The molecular weight excluding hydrogens is 252 g/mol. The topological polar surface area (TPSA) is 64.3 Å². The normalized spacial score (nSPS) is 39.8. The summed E-state index contributed by atoms with van der Waals surface area (Å²) in [5.74, 6) is 1.32. The minimum Gasteiger partial charge on any atom is -0.481 e. The lowest BCUT2D eigenvalue weighted by Crippen LogP contribution is -2.61. The van der Waals surface area contributed by atoms with Gasteiger partial charge in [0.15, 0.2) is 0 Å². The van der Waals surface area contributed by atoms with Crippen LogP contribution in [0.2, 0.25) is 0 Å². The molecule has 1 unspecified atom stereocenters. The largest absolute Gasteiger partial charge is 0.481 e. The number of rotatable bonds is 5. The molecule has 4 fully saturated rings. The molecule has 0 spiro atoms. The maximum absolute atomic E-state index is 11.2. The Balaban J connectivity index is 1.80. The lowest BCUT2D eigenvalue weighted by Gasteiger charge is -2.60. The summed E-state index contributed by atoms with van der Waals surface area (Å²) in [4.78, 5) is 13.4. The fourth-order valence-electron chi connectivity index (χ4n) is 5.37. The SMILES string of the molecule is CC(CN(CC#N)C12CC3CC(CC(C3)C1)C2)C(=O)O. The molecule has 0 aromatic carbocycles. The summed E-state index contributed by atoms with van der Waals surface area (Å²) < 4.78 is 0. The predicted molar refractivity (Wildman–Crippen MR) is 74.9 cm³/mol. The first-order valence-corrected chi connectivity index (χ1v) is 7.87. The van der Waals surface area contributed by atoms with Crippen molar-refractivity contribution in [3.8, 4) is 6.07 Å². The first-order chi connectivity index (χ1) is 9.52. The molecule has 110 valence electrons. The van der Waals surface area contributed by atoms with E-state index in [4.69, 9.17) is 5.26 Å². The summed E-state index contributed by atoms with van der Waals surface area (Å²) in [6.45, 7) is 2.66. The molecule has 0 saturated heterocycles. The number of carboxylic acid groups (broad SMARTS) is 1. The number of hydrogen-bond acceptors (Lipinski definition) is 3. The smallest absolute Gasteiger partial charge is 0.307 e. The second kappa shape index (κ2) is 5.04. The number of carbonyl (C=O) groups is 1. The van der Waals surface area contributed by atoms with E-state index >= 15 is 0 Å². The zero-order valence-electron chi connectivity index (χ0n) is 12.2. The highest BCUT2D eigenvalue weighted by Gasteiger charge is 2.53. The van der Waals surface area contributed by atoms with E-state index in [9.17, 15) is 9.90 Å². The van der Waals surface area contributed by atoms with Gasteiger partial charge in [0.25, 0.3) is 0 Å². The average Bonchev–Trinajstić information content (AvgIpc) is 2.36. The van der Waals surface area contributed by atoms with Crippen molar-refractivity contribution < 1.29 is 9.90 Å².